The highest BCUT2D eigenvalue weighted by atomic mass is 19.1. The van der Waals surface area contributed by atoms with Crippen LogP contribution < -0.4 is 4.90 Å². The van der Waals surface area contributed by atoms with Crippen molar-refractivity contribution in [2.45, 2.75) is 0 Å². The van der Waals surface area contributed by atoms with E-state index in [1.165, 1.54) is 17.0 Å². The van der Waals surface area contributed by atoms with Crippen LogP contribution in [-0.2, 0) is 0 Å². The van der Waals surface area contributed by atoms with Crippen molar-refractivity contribution in [1.29, 1.82) is 0 Å². The van der Waals surface area contributed by atoms with Crippen LogP contribution in [0.15, 0.2) is 18.2 Å². The Kier molecular flexibility index (Phi) is 2.51. The molecular weight excluding hydrogens is 173 g/mol. The number of carboxylic acid groups (broad SMARTS) is 1. The van der Waals surface area contributed by atoms with Gasteiger partial charge in [0, 0.05) is 14.1 Å². The Bertz CT molecular complexity index is 336. The molecule has 0 unspecified atom stereocenters. The summed E-state index contributed by atoms with van der Waals surface area (Å²) in [7, 11) is 3.31. The maximum absolute atomic E-state index is 13.0. The highest BCUT2D eigenvalue weighted by molar-refractivity contribution is 5.88. The lowest BCUT2D eigenvalue weighted by molar-refractivity contribution is 0.0697. The van der Waals surface area contributed by atoms with E-state index in [0.29, 0.717) is 0 Å². The average Bonchev–Trinajstić information content (AvgIpc) is 2.04. The van der Waals surface area contributed by atoms with Gasteiger partial charge in [0.25, 0.3) is 0 Å². The summed E-state index contributed by atoms with van der Waals surface area (Å²) in [4.78, 5) is 12.1. The lowest BCUT2D eigenvalue weighted by Gasteiger charge is -2.13. The van der Waals surface area contributed by atoms with Crippen LogP contribution >= 0.6 is 0 Å². The van der Waals surface area contributed by atoms with Gasteiger partial charge < -0.3 is 10.0 Å². The van der Waals surface area contributed by atoms with E-state index in [1.807, 2.05) is 0 Å². The van der Waals surface area contributed by atoms with Crippen LogP contribution in [0.1, 0.15) is 10.4 Å². The minimum absolute atomic E-state index is 0.0881. The number of carboxylic acids is 1. The summed E-state index contributed by atoms with van der Waals surface area (Å²) in [5.41, 5.74) is 0.366. The molecule has 1 rings (SSSR count). The third kappa shape index (κ3) is 1.96. The maximum atomic E-state index is 13.0. The average molecular weight is 183 g/mol. The van der Waals surface area contributed by atoms with Crippen molar-refractivity contribution in [3.63, 3.8) is 0 Å². The van der Waals surface area contributed by atoms with Crippen molar-refractivity contribution in [3.8, 4) is 0 Å². The zero-order chi connectivity index (χ0) is 10.0. The number of hydrogen-bond acceptors (Lipinski definition) is 2. The van der Waals surface area contributed by atoms with E-state index < -0.39 is 11.8 Å². The molecule has 0 aromatic heterocycles. The molecule has 0 spiro atoms. The van der Waals surface area contributed by atoms with Crippen LogP contribution in [0.3, 0.4) is 0 Å². The Morgan fingerprint density at radius 1 is 1.46 bits per heavy atom. The lowest BCUT2D eigenvalue weighted by atomic mass is 10.2. The summed E-state index contributed by atoms with van der Waals surface area (Å²) in [6, 6.07) is 3.70. The second-order valence-corrected chi connectivity index (χ2v) is 2.87. The molecule has 0 radical (unpaired) electrons. The summed E-state index contributed by atoms with van der Waals surface area (Å²) >= 11 is 0. The summed E-state index contributed by atoms with van der Waals surface area (Å²) in [6.07, 6.45) is 0. The topological polar surface area (TPSA) is 40.5 Å². The number of carbonyl (C=O) groups is 1. The van der Waals surface area contributed by atoms with Gasteiger partial charge in [-0.25, -0.2) is 9.18 Å². The number of anilines is 1. The molecule has 0 aliphatic heterocycles. The molecule has 0 atom stereocenters. The molecule has 13 heavy (non-hydrogen) atoms. The van der Waals surface area contributed by atoms with Crippen LogP contribution in [0.4, 0.5) is 10.1 Å². The molecule has 0 fully saturated rings. The van der Waals surface area contributed by atoms with Crippen LogP contribution in [0.25, 0.3) is 0 Å². The highest BCUT2D eigenvalue weighted by Crippen LogP contribution is 2.18. The van der Waals surface area contributed by atoms with Crippen molar-refractivity contribution in [3.05, 3.63) is 29.6 Å². The van der Waals surface area contributed by atoms with Gasteiger partial charge in [-0.2, -0.15) is 0 Å². The predicted octanol–water partition coefficient (Wildman–Crippen LogP) is 1.59. The predicted molar refractivity (Wildman–Crippen MR) is 47.7 cm³/mol. The van der Waals surface area contributed by atoms with Crippen LogP contribution in [0.5, 0.6) is 0 Å². The van der Waals surface area contributed by atoms with Gasteiger partial charge in [-0.05, 0) is 18.2 Å². The van der Waals surface area contributed by atoms with E-state index in [9.17, 15) is 9.18 Å². The number of hydrogen-bond donors (Lipinski definition) is 1. The Hall–Kier alpha value is -1.58. The molecule has 1 N–H and O–H groups in total. The number of halogens is 1. The van der Waals surface area contributed by atoms with Crippen LogP contribution in [0.2, 0.25) is 0 Å². The van der Waals surface area contributed by atoms with Gasteiger partial charge in [0.2, 0.25) is 0 Å². The molecule has 3 nitrogen and oxygen atoms in total. The molecule has 70 valence electrons. The second-order valence-electron chi connectivity index (χ2n) is 2.87. The van der Waals surface area contributed by atoms with Gasteiger partial charge in [0.15, 0.2) is 0 Å². The van der Waals surface area contributed by atoms with Gasteiger partial charge in [-0.1, -0.05) is 0 Å². The Labute approximate surface area is 75.4 Å². The normalized spacial score (nSPS) is 9.77. The van der Waals surface area contributed by atoms with Crippen LogP contribution in [0, 0.1) is 5.82 Å². The number of nitrogens with zero attached hydrogens (tertiary/aromatic N) is 1. The first-order valence-electron chi connectivity index (χ1n) is 3.72. The van der Waals surface area contributed by atoms with Gasteiger partial charge in [0.05, 0.1) is 11.3 Å². The fourth-order valence-electron chi connectivity index (χ4n) is 0.988. The smallest absolute Gasteiger partial charge is 0.335 e. The van der Waals surface area contributed by atoms with Crippen molar-refractivity contribution in [2.24, 2.45) is 0 Å². The van der Waals surface area contributed by atoms with Crippen LogP contribution in [-0.4, -0.2) is 25.2 Å². The van der Waals surface area contributed by atoms with E-state index in [1.54, 1.807) is 14.1 Å². The molecule has 0 amide bonds. The zero-order valence-corrected chi connectivity index (χ0v) is 7.41. The molecule has 0 bridgehead atoms. The lowest BCUT2D eigenvalue weighted by Crippen LogP contribution is -2.11. The Morgan fingerprint density at radius 3 is 2.54 bits per heavy atom. The largest absolute Gasteiger partial charge is 0.478 e. The van der Waals surface area contributed by atoms with Crippen molar-refractivity contribution < 1.29 is 14.3 Å². The summed E-state index contributed by atoms with van der Waals surface area (Å²) < 4.78 is 13.0. The van der Waals surface area contributed by atoms with E-state index >= 15 is 0 Å². The van der Waals surface area contributed by atoms with Crippen molar-refractivity contribution in [1.82, 2.24) is 0 Å². The maximum Gasteiger partial charge on any atom is 0.335 e. The molecule has 0 aliphatic carbocycles. The first-order valence-corrected chi connectivity index (χ1v) is 3.72. The van der Waals surface area contributed by atoms with Gasteiger partial charge in [-0.15, -0.1) is 0 Å². The van der Waals surface area contributed by atoms with Gasteiger partial charge >= 0.3 is 5.97 Å². The number of rotatable bonds is 2. The number of benzene rings is 1. The molecular formula is C9H10FNO2. The summed E-state index contributed by atoms with van der Waals surface area (Å²) in [6.45, 7) is 0. The van der Waals surface area contributed by atoms with Gasteiger partial charge in [-0.3, -0.25) is 0 Å². The first kappa shape index (κ1) is 9.51. The third-order valence-electron chi connectivity index (χ3n) is 1.67. The SMILES string of the molecule is CN(C)c1cc(C(=O)O)ccc1F. The monoisotopic (exact) mass is 183 g/mol. The highest BCUT2D eigenvalue weighted by Gasteiger charge is 2.08. The molecule has 0 saturated carbocycles. The fourth-order valence-corrected chi connectivity index (χ4v) is 0.988. The second kappa shape index (κ2) is 3.43. The van der Waals surface area contributed by atoms with Gasteiger partial charge in [0.1, 0.15) is 5.82 Å². The molecule has 1 aromatic rings. The molecule has 0 saturated heterocycles. The molecule has 1 aromatic carbocycles. The van der Waals surface area contributed by atoms with E-state index in [-0.39, 0.29) is 11.3 Å². The minimum Gasteiger partial charge on any atom is -0.478 e. The molecule has 4 heteroatoms. The standard InChI is InChI=1S/C9H10FNO2/c1-11(2)8-5-6(9(12)13)3-4-7(8)10/h3-5H,1-2H3,(H,12,13). The number of aromatic carboxylic acids is 1. The van der Waals surface area contributed by atoms with E-state index in [4.69, 9.17) is 5.11 Å². The van der Waals surface area contributed by atoms with E-state index in [2.05, 4.69) is 0 Å². The molecule has 0 heterocycles. The van der Waals surface area contributed by atoms with E-state index in [0.717, 1.165) is 6.07 Å². The molecule has 0 aliphatic rings. The third-order valence-corrected chi connectivity index (χ3v) is 1.67. The van der Waals surface area contributed by atoms with Crippen molar-refractivity contribution >= 4 is 11.7 Å². The summed E-state index contributed by atoms with van der Waals surface area (Å²) in [5, 5.41) is 8.64. The quantitative estimate of drug-likeness (QED) is 0.756. The Balaban J connectivity index is 3.19. The first-order chi connectivity index (χ1) is 6.02. The zero-order valence-electron chi connectivity index (χ0n) is 7.41. The fraction of sp³-hybridized carbons (Fsp3) is 0.222. The summed E-state index contributed by atoms with van der Waals surface area (Å²) in [5.74, 6) is -1.47. The minimum atomic E-state index is -1.05. The van der Waals surface area contributed by atoms with Crippen molar-refractivity contribution in [2.75, 3.05) is 19.0 Å². The Morgan fingerprint density at radius 2 is 2.08 bits per heavy atom.